The summed E-state index contributed by atoms with van der Waals surface area (Å²) in [6.07, 6.45) is 1.53. The molecule has 0 fully saturated rings. The molecule has 3 aromatic rings. The Morgan fingerprint density at radius 1 is 1.25 bits per heavy atom. The van der Waals surface area contributed by atoms with Gasteiger partial charge in [0.05, 0.1) is 33.8 Å². The molecular weight excluding hydrogens is 465 g/mol. The molecule has 5 nitrogen and oxygen atoms in total. The van der Waals surface area contributed by atoms with Gasteiger partial charge in [0.2, 0.25) is 0 Å². The van der Waals surface area contributed by atoms with E-state index >= 15 is 0 Å². The predicted octanol–water partition coefficient (Wildman–Crippen LogP) is 5.87. The van der Waals surface area contributed by atoms with Crippen LogP contribution in [0.3, 0.4) is 0 Å². The van der Waals surface area contributed by atoms with Gasteiger partial charge in [0.1, 0.15) is 5.82 Å². The Hall–Kier alpha value is -1.89. The fraction of sp³-hybridized carbons (Fsp3) is 0.250. The van der Waals surface area contributed by atoms with Gasteiger partial charge in [-0.25, -0.2) is 4.98 Å². The molecule has 0 bridgehead atoms. The summed E-state index contributed by atoms with van der Waals surface area (Å²) in [5, 5.41) is 5.63. The maximum absolute atomic E-state index is 13.0. The van der Waals surface area contributed by atoms with Crippen molar-refractivity contribution < 1.29 is 4.74 Å². The van der Waals surface area contributed by atoms with Gasteiger partial charge in [0, 0.05) is 10.4 Å². The summed E-state index contributed by atoms with van der Waals surface area (Å²) < 4.78 is 7.56. The SMILES string of the molecule is CCOc1c(Cl)cc(C=Nn2c(C(C)C)nc3ccc(Br)cc3c2=O)cc1Cl. The lowest BCUT2D eigenvalue weighted by Crippen LogP contribution is -2.23. The Kier molecular flexibility index (Phi) is 6.43. The number of nitrogens with zero attached hydrogens (tertiary/aromatic N) is 3. The molecule has 0 saturated heterocycles. The van der Waals surface area contributed by atoms with Crippen molar-refractivity contribution in [2.45, 2.75) is 26.7 Å². The summed E-state index contributed by atoms with van der Waals surface area (Å²) in [4.78, 5) is 17.6. The zero-order valence-electron chi connectivity index (χ0n) is 15.5. The minimum atomic E-state index is -0.241. The number of hydrogen-bond acceptors (Lipinski definition) is 4. The summed E-state index contributed by atoms with van der Waals surface area (Å²) in [6, 6.07) is 8.79. The third-order valence-electron chi connectivity index (χ3n) is 3.98. The molecule has 0 aliphatic rings. The van der Waals surface area contributed by atoms with Crippen molar-refractivity contribution in [3.05, 3.63) is 66.6 Å². The first-order chi connectivity index (χ1) is 13.3. The van der Waals surface area contributed by atoms with Crippen LogP contribution in [0.25, 0.3) is 10.9 Å². The second-order valence-electron chi connectivity index (χ2n) is 6.39. The van der Waals surface area contributed by atoms with Crippen LogP contribution in [0.5, 0.6) is 5.75 Å². The van der Waals surface area contributed by atoms with Gasteiger partial charge in [-0.3, -0.25) is 4.79 Å². The lowest BCUT2D eigenvalue weighted by atomic mass is 10.2. The van der Waals surface area contributed by atoms with Gasteiger partial charge in [-0.15, -0.1) is 0 Å². The van der Waals surface area contributed by atoms with Crippen LogP contribution >= 0.6 is 39.1 Å². The van der Waals surface area contributed by atoms with Gasteiger partial charge in [0.15, 0.2) is 5.75 Å². The van der Waals surface area contributed by atoms with E-state index in [1.54, 1.807) is 18.2 Å². The van der Waals surface area contributed by atoms with Gasteiger partial charge in [-0.05, 0) is 42.8 Å². The highest BCUT2D eigenvalue weighted by Gasteiger charge is 2.14. The van der Waals surface area contributed by atoms with E-state index in [0.717, 1.165) is 4.47 Å². The molecule has 0 aliphatic heterocycles. The standard InChI is InChI=1S/C20H18BrCl2N3O2/c1-4-28-18-15(22)7-12(8-16(18)23)10-24-26-19(11(2)3)25-17-6-5-13(21)9-14(17)20(26)27/h5-11H,4H2,1-3H3. The predicted molar refractivity (Wildman–Crippen MR) is 118 cm³/mol. The average Bonchev–Trinajstić information content (AvgIpc) is 2.64. The van der Waals surface area contributed by atoms with Crippen LogP contribution in [0, 0.1) is 0 Å². The molecule has 146 valence electrons. The molecule has 0 radical (unpaired) electrons. The zero-order valence-corrected chi connectivity index (χ0v) is 18.6. The van der Waals surface area contributed by atoms with Crippen LogP contribution in [0.1, 0.15) is 38.1 Å². The molecule has 8 heteroatoms. The summed E-state index contributed by atoms with van der Waals surface area (Å²) >= 11 is 15.9. The van der Waals surface area contributed by atoms with E-state index in [9.17, 15) is 4.79 Å². The molecule has 0 amide bonds. The molecule has 0 atom stereocenters. The first kappa shape index (κ1) is 20.8. The highest BCUT2D eigenvalue weighted by molar-refractivity contribution is 9.10. The number of halogens is 3. The van der Waals surface area contributed by atoms with E-state index in [4.69, 9.17) is 27.9 Å². The highest BCUT2D eigenvalue weighted by atomic mass is 79.9. The van der Waals surface area contributed by atoms with Crippen molar-refractivity contribution in [1.29, 1.82) is 0 Å². The number of rotatable bonds is 5. The maximum atomic E-state index is 13.0. The average molecular weight is 483 g/mol. The van der Waals surface area contributed by atoms with Gasteiger partial charge >= 0.3 is 0 Å². The third-order valence-corrected chi connectivity index (χ3v) is 5.04. The van der Waals surface area contributed by atoms with Crippen LogP contribution in [0.15, 0.2) is 44.7 Å². The monoisotopic (exact) mass is 481 g/mol. The molecule has 0 N–H and O–H groups in total. The Morgan fingerprint density at radius 2 is 1.93 bits per heavy atom. The molecule has 0 saturated carbocycles. The van der Waals surface area contributed by atoms with Crippen LogP contribution in [-0.2, 0) is 0 Å². The van der Waals surface area contributed by atoms with Gasteiger partial charge in [-0.2, -0.15) is 9.78 Å². The molecule has 0 unspecified atom stereocenters. The van der Waals surface area contributed by atoms with Gasteiger partial charge in [-0.1, -0.05) is 53.0 Å². The van der Waals surface area contributed by atoms with Crippen molar-refractivity contribution in [1.82, 2.24) is 9.66 Å². The molecule has 28 heavy (non-hydrogen) atoms. The van der Waals surface area contributed by atoms with Crippen molar-refractivity contribution in [2.75, 3.05) is 6.61 Å². The number of aromatic nitrogens is 2. The normalized spacial score (nSPS) is 11.7. The summed E-state index contributed by atoms with van der Waals surface area (Å²) in [7, 11) is 0. The van der Waals surface area contributed by atoms with Crippen molar-refractivity contribution in [3.8, 4) is 5.75 Å². The first-order valence-corrected chi connectivity index (χ1v) is 10.2. The Labute approximate surface area is 181 Å². The minimum Gasteiger partial charge on any atom is -0.491 e. The van der Waals surface area contributed by atoms with Crippen LogP contribution in [0.2, 0.25) is 10.0 Å². The smallest absolute Gasteiger partial charge is 0.282 e. The lowest BCUT2D eigenvalue weighted by molar-refractivity contribution is 0.340. The Morgan fingerprint density at radius 3 is 2.54 bits per heavy atom. The lowest BCUT2D eigenvalue weighted by Gasteiger charge is -2.12. The molecular formula is C20H18BrCl2N3O2. The maximum Gasteiger partial charge on any atom is 0.282 e. The van der Waals surface area contributed by atoms with Crippen LogP contribution in [-0.4, -0.2) is 22.5 Å². The van der Waals surface area contributed by atoms with E-state index in [0.29, 0.717) is 44.7 Å². The minimum absolute atomic E-state index is 0.00500. The molecule has 1 aromatic heterocycles. The van der Waals surface area contributed by atoms with E-state index in [1.165, 1.54) is 10.9 Å². The van der Waals surface area contributed by atoms with Gasteiger partial charge in [0.25, 0.3) is 5.56 Å². The van der Waals surface area contributed by atoms with Crippen molar-refractivity contribution >= 4 is 56.2 Å². The summed E-state index contributed by atoms with van der Waals surface area (Å²) in [6.45, 7) is 6.23. The fourth-order valence-electron chi connectivity index (χ4n) is 2.71. The number of ether oxygens (including phenoxy) is 1. The second-order valence-corrected chi connectivity index (χ2v) is 8.12. The molecule has 2 aromatic carbocycles. The highest BCUT2D eigenvalue weighted by Crippen LogP contribution is 2.33. The van der Waals surface area contributed by atoms with E-state index < -0.39 is 0 Å². The number of hydrogen-bond donors (Lipinski definition) is 0. The first-order valence-electron chi connectivity index (χ1n) is 8.70. The zero-order chi connectivity index (χ0) is 20.4. The molecule has 0 aliphatic carbocycles. The quantitative estimate of drug-likeness (QED) is 0.427. The topological polar surface area (TPSA) is 56.5 Å². The van der Waals surface area contributed by atoms with Crippen molar-refractivity contribution in [3.63, 3.8) is 0 Å². The van der Waals surface area contributed by atoms with E-state index in [1.807, 2.05) is 32.9 Å². The third kappa shape index (κ3) is 4.24. The van der Waals surface area contributed by atoms with Crippen molar-refractivity contribution in [2.24, 2.45) is 5.10 Å². The largest absolute Gasteiger partial charge is 0.491 e. The van der Waals surface area contributed by atoms with Crippen LogP contribution < -0.4 is 10.3 Å². The molecule has 1 heterocycles. The molecule has 3 rings (SSSR count). The number of fused-ring (bicyclic) bond motifs is 1. The van der Waals surface area contributed by atoms with Crippen LogP contribution in [0.4, 0.5) is 0 Å². The summed E-state index contributed by atoms with van der Waals surface area (Å²) in [5.41, 5.74) is 1.04. The second kappa shape index (κ2) is 8.64. The number of benzene rings is 2. The molecule has 0 spiro atoms. The van der Waals surface area contributed by atoms with E-state index in [2.05, 4.69) is 26.0 Å². The fourth-order valence-corrected chi connectivity index (χ4v) is 3.69. The van der Waals surface area contributed by atoms with Gasteiger partial charge < -0.3 is 4.74 Å². The summed E-state index contributed by atoms with van der Waals surface area (Å²) in [5.74, 6) is 1.00. The van der Waals surface area contributed by atoms with E-state index in [-0.39, 0.29) is 11.5 Å². The Bertz CT molecular complexity index is 1100. The Balaban J connectivity index is 2.12.